The zero-order valence-corrected chi connectivity index (χ0v) is 34.0. The predicted octanol–water partition coefficient (Wildman–Crippen LogP) is 12.8. The van der Waals surface area contributed by atoms with Crippen molar-refractivity contribution in [3.8, 4) is 87.3 Å². The van der Waals surface area contributed by atoms with Gasteiger partial charge in [-0.2, -0.15) is 0 Å². The molecule has 0 saturated carbocycles. The quantitative estimate of drug-likeness (QED) is 0.167. The van der Waals surface area contributed by atoms with E-state index in [0.717, 1.165) is 65.1 Å². The van der Waals surface area contributed by atoms with Gasteiger partial charge in [-0.3, -0.25) is 0 Å². The van der Waals surface area contributed by atoms with Crippen LogP contribution in [0.2, 0.25) is 0 Å². The van der Waals surface area contributed by atoms with Crippen LogP contribution in [0.5, 0.6) is 0 Å². The van der Waals surface area contributed by atoms with Crippen LogP contribution in [0.4, 0.5) is 0 Å². The molecule has 0 aliphatic heterocycles. The molecule has 0 amide bonds. The highest BCUT2D eigenvalue weighted by atomic mass is 32.1. The van der Waals surface area contributed by atoms with E-state index in [9.17, 15) is 0 Å². The molecule has 4 heterocycles. The summed E-state index contributed by atoms with van der Waals surface area (Å²) in [6.45, 7) is 9.22. The van der Waals surface area contributed by atoms with Gasteiger partial charge in [-0.1, -0.05) is 160 Å². The van der Waals surface area contributed by atoms with Crippen molar-refractivity contribution < 1.29 is 0 Å². The fourth-order valence-corrected chi connectivity index (χ4v) is 10.4. The second-order valence-electron chi connectivity index (χ2n) is 16.1. The Morgan fingerprint density at radius 3 is 1.14 bits per heavy atom. The Bertz CT molecular complexity index is 2880. The van der Waals surface area contributed by atoms with Gasteiger partial charge in [0.05, 0.1) is 11.4 Å². The van der Waals surface area contributed by atoms with Crippen molar-refractivity contribution in [2.75, 3.05) is 0 Å². The van der Waals surface area contributed by atoms with E-state index < -0.39 is 0 Å². The van der Waals surface area contributed by atoms with Crippen LogP contribution in [0.15, 0.2) is 146 Å². The molecule has 0 saturated heterocycles. The van der Waals surface area contributed by atoms with Crippen LogP contribution in [-0.4, -0.2) is 30.4 Å². The van der Waals surface area contributed by atoms with Crippen molar-refractivity contribution in [2.24, 2.45) is 0 Å². The summed E-state index contributed by atoms with van der Waals surface area (Å²) in [4.78, 5) is 10.1. The monoisotopic (exact) mass is 784 g/mol. The molecule has 4 aromatic heterocycles. The summed E-state index contributed by atoms with van der Waals surface area (Å²) in [7, 11) is 0. The summed E-state index contributed by atoms with van der Waals surface area (Å²) in [6.07, 6.45) is 0. The second-order valence-corrected chi connectivity index (χ2v) is 18.0. The molecule has 58 heavy (non-hydrogen) atoms. The first kappa shape index (κ1) is 34.7. The zero-order valence-electron chi connectivity index (χ0n) is 32.4. The minimum atomic E-state index is -0.0690. The topological polar surface area (TPSA) is 77.3 Å². The predicted molar refractivity (Wildman–Crippen MR) is 237 cm³/mol. The maximum Gasteiger partial charge on any atom is 0.166 e. The van der Waals surface area contributed by atoms with Crippen LogP contribution in [0.3, 0.4) is 0 Å². The summed E-state index contributed by atoms with van der Waals surface area (Å²) in [5.74, 6) is 0. The maximum atomic E-state index is 5.06. The molecule has 0 N–H and O–H groups in total. The Morgan fingerprint density at radius 2 is 0.690 bits per heavy atom. The van der Waals surface area contributed by atoms with Crippen molar-refractivity contribution in [2.45, 2.75) is 38.5 Å². The van der Waals surface area contributed by atoms with E-state index in [1.54, 1.807) is 22.7 Å². The van der Waals surface area contributed by atoms with Crippen LogP contribution >= 0.6 is 22.7 Å². The Balaban J connectivity index is 0.815. The fourth-order valence-electron chi connectivity index (χ4n) is 8.80. The highest BCUT2D eigenvalue weighted by Crippen LogP contribution is 2.51. The van der Waals surface area contributed by atoms with Gasteiger partial charge < -0.3 is 0 Å². The molecule has 278 valence electrons. The number of pyridine rings is 2. The summed E-state index contributed by atoms with van der Waals surface area (Å²) in [5, 5.41) is 21.5. The van der Waals surface area contributed by atoms with Crippen LogP contribution in [-0.2, 0) is 10.8 Å². The summed E-state index contributed by atoms with van der Waals surface area (Å²) >= 11 is 3.08. The molecule has 6 nitrogen and oxygen atoms in total. The SMILES string of the molecule is CC1(C)c2ccccc2-c2ccc(-c3cccc(-c4nnc(-c5ccc(-c6nnc(-c7cccc(-c8ccc9c(c8)C(C)(C)c8ccccc8-9)n7)s6)cc5)s4)n3)cc21. The highest BCUT2D eigenvalue weighted by Gasteiger charge is 2.36. The molecule has 9 aromatic rings. The first-order chi connectivity index (χ1) is 28.2. The number of nitrogens with zero attached hydrogens (tertiary/aromatic N) is 6. The Labute approximate surface area is 345 Å². The lowest BCUT2D eigenvalue weighted by atomic mass is 9.82. The third kappa shape index (κ3) is 5.51. The molecule has 0 fully saturated rings. The number of rotatable bonds is 6. The number of fused-ring (bicyclic) bond motifs is 6. The second kappa shape index (κ2) is 13.0. The molecule has 8 heteroatoms. The van der Waals surface area contributed by atoms with Gasteiger partial charge in [0, 0.05) is 33.1 Å². The molecule has 2 aliphatic carbocycles. The third-order valence-electron chi connectivity index (χ3n) is 11.9. The molecule has 0 radical (unpaired) electrons. The third-order valence-corrected chi connectivity index (χ3v) is 13.9. The van der Waals surface area contributed by atoms with Gasteiger partial charge in [-0.05, 0) is 80.9 Å². The molecule has 0 spiro atoms. The van der Waals surface area contributed by atoms with Gasteiger partial charge >= 0.3 is 0 Å². The molecule has 5 aromatic carbocycles. The lowest BCUT2D eigenvalue weighted by molar-refractivity contribution is 0.660. The zero-order chi connectivity index (χ0) is 39.2. The minimum absolute atomic E-state index is 0.0690. The van der Waals surface area contributed by atoms with Gasteiger partial charge in [0.2, 0.25) is 0 Å². The molecule has 2 aliphatic rings. The van der Waals surface area contributed by atoms with E-state index in [-0.39, 0.29) is 10.8 Å². The fraction of sp³-hybridized carbons (Fsp3) is 0.120. The van der Waals surface area contributed by atoms with Crippen molar-refractivity contribution >= 4 is 22.7 Å². The van der Waals surface area contributed by atoms with Gasteiger partial charge in [0.15, 0.2) is 10.0 Å². The normalized spacial score (nSPS) is 14.1. The Hall–Kier alpha value is -6.48. The minimum Gasteiger partial charge on any atom is -0.245 e. The van der Waals surface area contributed by atoms with Crippen LogP contribution in [0.25, 0.3) is 87.3 Å². The maximum absolute atomic E-state index is 5.06. The summed E-state index contributed by atoms with van der Waals surface area (Å²) < 4.78 is 0. The Morgan fingerprint density at radius 1 is 0.328 bits per heavy atom. The van der Waals surface area contributed by atoms with Gasteiger partial charge in [0.25, 0.3) is 0 Å². The van der Waals surface area contributed by atoms with Crippen LogP contribution in [0, 0.1) is 0 Å². The van der Waals surface area contributed by atoms with E-state index in [1.807, 2.05) is 12.1 Å². The van der Waals surface area contributed by atoms with E-state index >= 15 is 0 Å². The molecule has 0 bridgehead atoms. The number of benzene rings is 5. The number of aromatic nitrogens is 6. The average molecular weight is 785 g/mol. The lowest BCUT2D eigenvalue weighted by Gasteiger charge is -2.21. The average Bonchev–Trinajstić information content (AvgIpc) is 4.06. The first-order valence-electron chi connectivity index (χ1n) is 19.4. The molecule has 11 rings (SSSR count). The summed E-state index contributed by atoms with van der Waals surface area (Å²) in [6, 6.07) is 51.4. The van der Waals surface area contributed by atoms with E-state index in [0.29, 0.717) is 0 Å². The Kier molecular flexibility index (Phi) is 7.80. The van der Waals surface area contributed by atoms with Crippen molar-refractivity contribution in [3.63, 3.8) is 0 Å². The van der Waals surface area contributed by atoms with E-state index in [4.69, 9.17) is 9.97 Å². The molecular weight excluding hydrogens is 749 g/mol. The lowest BCUT2D eigenvalue weighted by Crippen LogP contribution is -2.14. The van der Waals surface area contributed by atoms with Crippen LogP contribution < -0.4 is 0 Å². The molecule has 0 unspecified atom stereocenters. The van der Waals surface area contributed by atoms with E-state index in [2.05, 4.69) is 182 Å². The van der Waals surface area contributed by atoms with Crippen LogP contribution in [0.1, 0.15) is 49.9 Å². The number of hydrogen-bond acceptors (Lipinski definition) is 8. The van der Waals surface area contributed by atoms with Crippen molar-refractivity contribution in [1.82, 2.24) is 30.4 Å². The summed E-state index contributed by atoms with van der Waals surface area (Å²) in [5.41, 5.74) is 18.1. The van der Waals surface area contributed by atoms with E-state index in [1.165, 1.54) is 44.5 Å². The number of hydrogen-bond donors (Lipinski definition) is 0. The molecular formula is C50H36N6S2. The first-order valence-corrected chi connectivity index (χ1v) is 21.1. The molecule has 0 atom stereocenters. The largest absolute Gasteiger partial charge is 0.245 e. The van der Waals surface area contributed by atoms with Crippen molar-refractivity contribution in [1.29, 1.82) is 0 Å². The smallest absolute Gasteiger partial charge is 0.166 e. The standard InChI is InChI=1S/C50H36N6S2/c1-49(2)37-13-7-5-11-33(37)35-25-23-31(27-39(35)49)41-15-9-17-43(51-41)47-55-53-45(57-47)29-19-21-30(22-20-29)46-54-56-48(58-46)44-18-10-16-42(52-44)32-24-26-36-34-12-6-8-14-38(34)50(3,4)40(36)28-32/h5-28H,1-4H3. The highest BCUT2D eigenvalue weighted by molar-refractivity contribution is 7.18. The van der Waals surface area contributed by atoms with Crippen molar-refractivity contribution in [3.05, 3.63) is 168 Å². The van der Waals surface area contributed by atoms with Gasteiger partial charge in [0.1, 0.15) is 21.4 Å². The van der Waals surface area contributed by atoms with Gasteiger partial charge in [-0.25, -0.2) is 9.97 Å². The van der Waals surface area contributed by atoms with Gasteiger partial charge in [-0.15, -0.1) is 20.4 Å².